The molecule has 1 aliphatic rings. The Bertz CT molecular complexity index is 596. The average molecular weight is 274 g/mol. The zero-order valence-corrected chi connectivity index (χ0v) is 11.3. The molecule has 98 valence electrons. The highest BCUT2D eigenvalue weighted by Crippen LogP contribution is 2.43. The number of fused-ring (bicyclic) bond motifs is 1. The van der Waals surface area contributed by atoms with Crippen LogP contribution in [0.5, 0.6) is 0 Å². The second-order valence-corrected chi connectivity index (χ2v) is 5.67. The van der Waals surface area contributed by atoms with Gasteiger partial charge in [-0.05, 0) is 35.2 Å². The Kier molecular flexibility index (Phi) is 3.09. The molecule has 2 aromatic rings. The molecule has 2 unspecified atom stereocenters. The summed E-state index contributed by atoms with van der Waals surface area (Å²) in [6.45, 7) is 0. The molecule has 0 saturated heterocycles. The van der Waals surface area contributed by atoms with Crippen molar-refractivity contribution in [1.29, 1.82) is 0 Å². The van der Waals surface area contributed by atoms with Crippen LogP contribution in [0.15, 0.2) is 48.5 Å². The lowest BCUT2D eigenvalue weighted by Gasteiger charge is -2.24. The predicted molar refractivity (Wildman–Crippen MR) is 77.0 cm³/mol. The summed E-state index contributed by atoms with van der Waals surface area (Å²) >= 11 is 5.88. The summed E-state index contributed by atoms with van der Waals surface area (Å²) in [4.78, 5) is 0. The van der Waals surface area contributed by atoms with Gasteiger partial charge in [-0.2, -0.15) is 0 Å². The molecule has 3 rings (SSSR count). The van der Waals surface area contributed by atoms with Crippen molar-refractivity contribution in [3.8, 4) is 0 Å². The van der Waals surface area contributed by atoms with Gasteiger partial charge in [0.2, 0.25) is 0 Å². The first-order valence-electron chi connectivity index (χ1n) is 6.40. The largest absolute Gasteiger partial charge is 0.385 e. The molecule has 0 aromatic heterocycles. The Labute approximate surface area is 117 Å². The Morgan fingerprint density at radius 1 is 1.16 bits per heavy atom. The molecule has 2 atom stereocenters. The monoisotopic (exact) mass is 273 g/mol. The second kappa shape index (κ2) is 4.64. The zero-order chi connectivity index (χ0) is 13.5. The van der Waals surface area contributed by atoms with Crippen molar-refractivity contribution in [3.05, 3.63) is 70.2 Å². The van der Waals surface area contributed by atoms with Gasteiger partial charge < -0.3 is 10.8 Å². The number of rotatable bonds is 2. The fourth-order valence-electron chi connectivity index (χ4n) is 2.94. The number of benzene rings is 2. The lowest BCUT2D eigenvalue weighted by Crippen LogP contribution is -2.26. The fraction of sp³-hybridized carbons (Fsp3) is 0.250. The third-order valence-corrected chi connectivity index (χ3v) is 4.08. The molecule has 3 N–H and O–H groups in total. The molecular weight excluding hydrogens is 258 g/mol. The van der Waals surface area contributed by atoms with E-state index in [1.807, 2.05) is 48.5 Å². The molecule has 2 nitrogen and oxygen atoms in total. The number of hydrogen-bond donors (Lipinski definition) is 2. The molecule has 3 heteroatoms. The quantitative estimate of drug-likeness (QED) is 0.883. The number of hydrogen-bond acceptors (Lipinski definition) is 2. The lowest BCUT2D eigenvalue weighted by molar-refractivity contribution is 0.0342. The van der Waals surface area contributed by atoms with Gasteiger partial charge in [0.15, 0.2) is 0 Å². The molecule has 19 heavy (non-hydrogen) atoms. The molecule has 0 amide bonds. The van der Waals surface area contributed by atoms with Gasteiger partial charge in [0.25, 0.3) is 0 Å². The van der Waals surface area contributed by atoms with Crippen LogP contribution in [0.25, 0.3) is 0 Å². The van der Waals surface area contributed by atoms with Crippen LogP contribution < -0.4 is 5.73 Å². The van der Waals surface area contributed by atoms with E-state index in [1.165, 1.54) is 0 Å². The van der Waals surface area contributed by atoms with Gasteiger partial charge in [-0.15, -0.1) is 0 Å². The second-order valence-electron chi connectivity index (χ2n) is 5.23. The third kappa shape index (κ3) is 2.27. The Morgan fingerprint density at radius 3 is 2.58 bits per heavy atom. The Balaban J connectivity index is 1.94. The van der Waals surface area contributed by atoms with Gasteiger partial charge in [0.05, 0.1) is 5.60 Å². The molecule has 0 fully saturated rings. The molecule has 0 saturated carbocycles. The molecule has 0 heterocycles. The fourth-order valence-corrected chi connectivity index (χ4v) is 3.06. The molecular formula is C16H16ClNO. The van der Waals surface area contributed by atoms with E-state index in [0.29, 0.717) is 17.9 Å². The van der Waals surface area contributed by atoms with Crippen LogP contribution in [0, 0.1) is 0 Å². The molecule has 2 aromatic carbocycles. The van der Waals surface area contributed by atoms with E-state index in [1.54, 1.807) is 0 Å². The summed E-state index contributed by atoms with van der Waals surface area (Å²) in [7, 11) is 0. The predicted octanol–water partition coefficient (Wildman–Crippen LogP) is 3.17. The molecule has 0 bridgehead atoms. The summed E-state index contributed by atoms with van der Waals surface area (Å²) in [6, 6.07) is 15.4. The van der Waals surface area contributed by atoms with Crippen LogP contribution in [0.4, 0.5) is 0 Å². The van der Waals surface area contributed by atoms with Crippen LogP contribution in [-0.4, -0.2) is 5.11 Å². The summed E-state index contributed by atoms with van der Waals surface area (Å²) in [5.74, 6) is 0. The van der Waals surface area contributed by atoms with Gasteiger partial charge in [0, 0.05) is 17.5 Å². The topological polar surface area (TPSA) is 46.2 Å². The van der Waals surface area contributed by atoms with Crippen LogP contribution >= 0.6 is 11.6 Å². The van der Waals surface area contributed by atoms with Crippen LogP contribution in [0.2, 0.25) is 5.02 Å². The van der Waals surface area contributed by atoms with E-state index in [0.717, 1.165) is 16.7 Å². The minimum absolute atomic E-state index is 0.0894. The van der Waals surface area contributed by atoms with Crippen molar-refractivity contribution >= 4 is 11.6 Å². The average Bonchev–Trinajstić information content (AvgIpc) is 2.65. The minimum Gasteiger partial charge on any atom is -0.385 e. The minimum atomic E-state index is -0.871. The van der Waals surface area contributed by atoms with Crippen molar-refractivity contribution in [1.82, 2.24) is 0 Å². The maximum atomic E-state index is 10.9. The van der Waals surface area contributed by atoms with Crippen LogP contribution in [0.3, 0.4) is 0 Å². The molecule has 0 aliphatic heterocycles. The van der Waals surface area contributed by atoms with E-state index in [-0.39, 0.29) is 6.04 Å². The number of halogens is 1. The number of nitrogens with two attached hydrogens (primary N) is 1. The first-order chi connectivity index (χ1) is 9.08. The summed E-state index contributed by atoms with van der Waals surface area (Å²) in [6.07, 6.45) is 1.13. The highest BCUT2D eigenvalue weighted by molar-refractivity contribution is 6.30. The third-order valence-electron chi connectivity index (χ3n) is 3.83. The van der Waals surface area contributed by atoms with Crippen molar-refractivity contribution in [3.63, 3.8) is 0 Å². The number of aliphatic hydroxyl groups is 1. The van der Waals surface area contributed by atoms with Gasteiger partial charge in [-0.25, -0.2) is 0 Å². The van der Waals surface area contributed by atoms with E-state index in [9.17, 15) is 5.11 Å². The smallest absolute Gasteiger partial charge is 0.0958 e. The normalized spacial score (nSPS) is 25.3. The maximum absolute atomic E-state index is 10.9. The Morgan fingerprint density at radius 2 is 1.84 bits per heavy atom. The Hall–Kier alpha value is -1.35. The molecule has 0 spiro atoms. The summed E-state index contributed by atoms with van der Waals surface area (Å²) in [5, 5.41) is 11.6. The van der Waals surface area contributed by atoms with E-state index < -0.39 is 5.60 Å². The van der Waals surface area contributed by atoms with E-state index in [2.05, 4.69) is 0 Å². The van der Waals surface area contributed by atoms with Crippen molar-refractivity contribution < 1.29 is 5.11 Å². The van der Waals surface area contributed by atoms with Crippen LogP contribution in [0.1, 0.15) is 29.2 Å². The standard InChI is InChI=1S/C16H16ClNO/c17-12-7-5-11(6-8-12)9-16(19)10-15(18)13-3-1-2-4-14(13)16/h1-8,15,19H,9-10,18H2. The highest BCUT2D eigenvalue weighted by Gasteiger charge is 2.40. The van der Waals surface area contributed by atoms with Crippen LogP contribution in [-0.2, 0) is 12.0 Å². The maximum Gasteiger partial charge on any atom is 0.0958 e. The molecule has 0 radical (unpaired) electrons. The first-order valence-corrected chi connectivity index (χ1v) is 6.78. The van der Waals surface area contributed by atoms with E-state index >= 15 is 0 Å². The van der Waals surface area contributed by atoms with E-state index in [4.69, 9.17) is 17.3 Å². The van der Waals surface area contributed by atoms with Crippen molar-refractivity contribution in [2.24, 2.45) is 5.73 Å². The highest BCUT2D eigenvalue weighted by atomic mass is 35.5. The zero-order valence-electron chi connectivity index (χ0n) is 10.5. The van der Waals surface area contributed by atoms with Gasteiger partial charge in [-0.3, -0.25) is 0 Å². The summed E-state index contributed by atoms with van der Waals surface area (Å²) < 4.78 is 0. The van der Waals surface area contributed by atoms with Gasteiger partial charge in [0.1, 0.15) is 0 Å². The molecule has 1 aliphatic carbocycles. The van der Waals surface area contributed by atoms with Gasteiger partial charge in [-0.1, -0.05) is 48.0 Å². The van der Waals surface area contributed by atoms with Crippen molar-refractivity contribution in [2.75, 3.05) is 0 Å². The SMILES string of the molecule is NC1CC(O)(Cc2ccc(Cl)cc2)c2ccccc21. The lowest BCUT2D eigenvalue weighted by atomic mass is 9.89. The van der Waals surface area contributed by atoms with Crippen molar-refractivity contribution in [2.45, 2.75) is 24.5 Å². The first kappa shape index (κ1) is 12.7. The van der Waals surface area contributed by atoms with Gasteiger partial charge >= 0.3 is 0 Å². The summed E-state index contributed by atoms with van der Waals surface area (Å²) in [5.41, 5.74) is 8.32.